The molecular weight excluding hydrogens is 330 g/mol. The maximum absolute atomic E-state index is 12.2. The summed E-state index contributed by atoms with van der Waals surface area (Å²) in [6.07, 6.45) is 0.812. The Hall–Kier alpha value is -2.40. The van der Waals surface area contributed by atoms with Crippen LogP contribution in [0.3, 0.4) is 0 Å². The molecule has 0 radical (unpaired) electrons. The van der Waals surface area contributed by atoms with Gasteiger partial charge in [-0.05, 0) is 69.5 Å². The van der Waals surface area contributed by atoms with Gasteiger partial charge in [0.25, 0.3) is 5.91 Å². The molecule has 0 saturated heterocycles. The van der Waals surface area contributed by atoms with E-state index in [0.717, 1.165) is 28.4 Å². The number of carbonyl (C=O) groups is 1. The molecule has 3 rings (SSSR count). The minimum absolute atomic E-state index is 0.0143. The Kier molecular flexibility index (Phi) is 5.04. The number of hydrogen-bond acceptors (Lipinski definition) is 3. The van der Waals surface area contributed by atoms with Crippen molar-refractivity contribution in [2.45, 2.75) is 34.1 Å². The largest absolute Gasteiger partial charge is 0.351 e. The topological polar surface area (TPSA) is 46.9 Å². The lowest BCUT2D eigenvalue weighted by atomic mass is 10.1. The van der Waals surface area contributed by atoms with Gasteiger partial charge in [0.2, 0.25) is 0 Å². The van der Waals surface area contributed by atoms with Crippen molar-refractivity contribution >= 4 is 17.2 Å². The maximum atomic E-state index is 12.2. The van der Waals surface area contributed by atoms with Crippen LogP contribution >= 0.6 is 11.3 Å². The second-order valence-electron chi connectivity index (χ2n) is 6.36. The molecule has 0 aliphatic carbocycles. The van der Waals surface area contributed by atoms with Crippen LogP contribution in [0.25, 0.3) is 5.69 Å². The van der Waals surface area contributed by atoms with E-state index >= 15 is 0 Å². The van der Waals surface area contributed by atoms with Crippen LogP contribution < -0.4 is 5.32 Å². The fourth-order valence-electron chi connectivity index (χ4n) is 2.79. The van der Waals surface area contributed by atoms with Crippen LogP contribution in [0.15, 0.2) is 36.4 Å². The Morgan fingerprint density at radius 2 is 1.84 bits per heavy atom. The fourth-order valence-corrected chi connectivity index (χ4v) is 3.74. The number of amides is 1. The highest BCUT2D eigenvalue weighted by Crippen LogP contribution is 2.20. The Morgan fingerprint density at radius 3 is 2.40 bits per heavy atom. The summed E-state index contributed by atoms with van der Waals surface area (Å²) in [4.78, 5) is 14.2. The van der Waals surface area contributed by atoms with Gasteiger partial charge in [-0.2, -0.15) is 5.10 Å². The zero-order chi connectivity index (χ0) is 18.0. The van der Waals surface area contributed by atoms with Crippen LogP contribution in [0.4, 0.5) is 0 Å². The van der Waals surface area contributed by atoms with Crippen molar-refractivity contribution in [3.05, 3.63) is 68.7 Å². The summed E-state index contributed by atoms with van der Waals surface area (Å²) in [7, 11) is 0. The summed E-state index contributed by atoms with van der Waals surface area (Å²) in [5.74, 6) is 0.0143. The van der Waals surface area contributed by atoms with Crippen molar-refractivity contribution in [3.63, 3.8) is 0 Å². The third kappa shape index (κ3) is 3.99. The monoisotopic (exact) mass is 353 g/mol. The average molecular weight is 353 g/mol. The molecule has 2 aromatic heterocycles. The molecule has 5 heteroatoms. The normalized spacial score (nSPS) is 10.9. The van der Waals surface area contributed by atoms with E-state index < -0.39 is 0 Å². The van der Waals surface area contributed by atoms with E-state index in [4.69, 9.17) is 0 Å². The van der Waals surface area contributed by atoms with Gasteiger partial charge in [0, 0.05) is 17.1 Å². The van der Waals surface area contributed by atoms with Gasteiger partial charge < -0.3 is 5.32 Å². The smallest absolute Gasteiger partial charge is 0.261 e. The summed E-state index contributed by atoms with van der Waals surface area (Å²) < 4.78 is 1.95. The van der Waals surface area contributed by atoms with Crippen LogP contribution in [-0.4, -0.2) is 22.2 Å². The summed E-state index contributed by atoms with van der Waals surface area (Å²) >= 11 is 1.55. The molecule has 0 bridgehead atoms. The lowest BCUT2D eigenvalue weighted by molar-refractivity contribution is 0.0958. The molecule has 130 valence electrons. The molecule has 4 nitrogen and oxygen atoms in total. The van der Waals surface area contributed by atoms with E-state index in [2.05, 4.69) is 47.7 Å². The molecule has 0 fully saturated rings. The molecule has 0 unspecified atom stereocenters. The minimum atomic E-state index is 0.0143. The molecular formula is C20H23N3OS. The second kappa shape index (κ2) is 7.23. The quantitative estimate of drug-likeness (QED) is 0.749. The number of aromatic nitrogens is 2. The predicted octanol–water partition coefficient (Wildman–Crippen LogP) is 4.14. The van der Waals surface area contributed by atoms with Crippen LogP contribution in [0, 0.1) is 27.7 Å². The van der Waals surface area contributed by atoms with Gasteiger partial charge in [-0.15, -0.1) is 11.3 Å². The molecule has 0 aliphatic heterocycles. The zero-order valence-electron chi connectivity index (χ0n) is 15.1. The highest BCUT2D eigenvalue weighted by molar-refractivity contribution is 7.14. The Bertz CT molecular complexity index is 871. The molecule has 25 heavy (non-hydrogen) atoms. The number of nitrogens with one attached hydrogen (secondary N) is 1. The molecule has 2 heterocycles. The Labute approximate surface area is 152 Å². The molecule has 3 aromatic rings. The van der Waals surface area contributed by atoms with Crippen molar-refractivity contribution in [1.29, 1.82) is 0 Å². The Balaban J connectivity index is 1.57. The van der Waals surface area contributed by atoms with Gasteiger partial charge in [0.15, 0.2) is 0 Å². The lowest BCUT2D eigenvalue weighted by Gasteiger charge is -2.07. The number of carbonyl (C=O) groups excluding carboxylic acids is 1. The van der Waals surface area contributed by atoms with E-state index in [1.165, 1.54) is 16.0 Å². The lowest BCUT2D eigenvalue weighted by Crippen LogP contribution is -2.24. The van der Waals surface area contributed by atoms with Crippen molar-refractivity contribution in [2.75, 3.05) is 6.54 Å². The van der Waals surface area contributed by atoms with E-state index in [1.54, 1.807) is 11.3 Å². The van der Waals surface area contributed by atoms with Crippen LogP contribution in [-0.2, 0) is 6.42 Å². The molecule has 1 N–H and O–H groups in total. The van der Waals surface area contributed by atoms with Crippen LogP contribution in [0.1, 0.15) is 37.1 Å². The molecule has 0 aliphatic rings. The van der Waals surface area contributed by atoms with Gasteiger partial charge in [-0.3, -0.25) is 4.79 Å². The molecule has 0 atom stereocenters. The number of aryl methyl sites for hydroxylation is 4. The summed E-state index contributed by atoms with van der Waals surface area (Å²) in [5.41, 5.74) is 5.57. The summed E-state index contributed by atoms with van der Waals surface area (Å²) in [6, 6.07) is 12.4. The first-order chi connectivity index (χ1) is 11.9. The van der Waals surface area contributed by atoms with Crippen LogP contribution in [0.5, 0.6) is 0 Å². The number of rotatable bonds is 5. The Morgan fingerprint density at radius 1 is 1.12 bits per heavy atom. The predicted molar refractivity (Wildman–Crippen MR) is 103 cm³/mol. The van der Waals surface area contributed by atoms with Gasteiger partial charge in [0.05, 0.1) is 16.3 Å². The van der Waals surface area contributed by atoms with Crippen molar-refractivity contribution in [2.24, 2.45) is 0 Å². The first-order valence-electron chi connectivity index (χ1n) is 8.42. The standard InChI is InChI=1S/C20H23N3OS/c1-13-11-19(25-16(13)4)20(24)21-10-9-17-5-7-18(8-6-17)23-15(3)12-14(2)22-23/h5-8,11-12H,9-10H2,1-4H3,(H,21,24). The molecule has 1 aromatic carbocycles. The fraction of sp³-hybridized carbons (Fsp3) is 0.300. The highest BCUT2D eigenvalue weighted by atomic mass is 32.1. The number of thiophene rings is 1. The van der Waals surface area contributed by atoms with Gasteiger partial charge in [-0.25, -0.2) is 4.68 Å². The average Bonchev–Trinajstić information content (AvgIpc) is 3.10. The van der Waals surface area contributed by atoms with E-state index in [-0.39, 0.29) is 5.91 Å². The first kappa shape index (κ1) is 17.4. The third-order valence-electron chi connectivity index (χ3n) is 4.28. The second-order valence-corrected chi connectivity index (χ2v) is 7.62. The van der Waals surface area contributed by atoms with E-state index in [9.17, 15) is 4.79 Å². The van der Waals surface area contributed by atoms with Crippen molar-refractivity contribution in [3.8, 4) is 5.69 Å². The number of nitrogens with zero attached hydrogens (tertiary/aromatic N) is 2. The van der Waals surface area contributed by atoms with Crippen molar-refractivity contribution < 1.29 is 4.79 Å². The first-order valence-corrected chi connectivity index (χ1v) is 9.23. The molecule has 0 spiro atoms. The summed E-state index contributed by atoms with van der Waals surface area (Å²) in [5, 5.41) is 7.50. The van der Waals surface area contributed by atoms with Gasteiger partial charge in [-0.1, -0.05) is 12.1 Å². The third-order valence-corrected chi connectivity index (χ3v) is 5.43. The molecule has 0 saturated carbocycles. The molecule has 1 amide bonds. The number of benzene rings is 1. The summed E-state index contributed by atoms with van der Waals surface area (Å²) in [6.45, 7) is 8.76. The van der Waals surface area contributed by atoms with Gasteiger partial charge >= 0.3 is 0 Å². The van der Waals surface area contributed by atoms with E-state index in [1.807, 2.05) is 31.5 Å². The van der Waals surface area contributed by atoms with E-state index in [0.29, 0.717) is 6.54 Å². The van der Waals surface area contributed by atoms with Crippen LogP contribution in [0.2, 0.25) is 0 Å². The SMILES string of the molecule is Cc1cc(C)n(-c2ccc(CCNC(=O)c3cc(C)c(C)s3)cc2)n1. The maximum Gasteiger partial charge on any atom is 0.261 e. The van der Waals surface area contributed by atoms with Gasteiger partial charge in [0.1, 0.15) is 0 Å². The zero-order valence-corrected chi connectivity index (χ0v) is 15.9. The van der Waals surface area contributed by atoms with Crippen molar-refractivity contribution in [1.82, 2.24) is 15.1 Å². The highest BCUT2D eigenvalue weighted by Gasteiger charge is 2.10. The number of hydrogen-bond donors (Lipinski definition) is 1. The minimum Gasteiger partial charge on any atom is -0.351 e.